The molecule has 0 aromatic heterocycles. The van der Waals surface area contributed by atoms with Crippen molar-refractivity contribution in [1.82, 2.24) is 0 Å². The highest BCUT2D eigenvalue weighted by atomic mass is 16.6. The Morgan fingerprint density at radius 1 is 1.44 bits per heavy atom. The minimum absolute atomic E-state index is 0.0251. The Labute approximate surface area is 106 Å². The topological polar surface area (TPSA) is 65.0 Å². The molecule has 0 spiro atoms. The summed E-state index contributed by atoms with van der Waals surface area (Å²) in [6, 6.07) is 0. The summed E-state index contributed by atoms with van der Waals surface area (Å²) in [6.45, 7) is 4.84. The maximum Gasteiger partial charge on any atom is 0.163 e. The Hall–Kier alpha value is -0.490. The van der Waals surface area contributed by atoms with Crippen molar-refractivity contribution in [3.63, 3.8) is 0 Å². The SMILES string of the molecule is CCC1COC2C3OCC(=O)CC3OC(O)C12C. The van der Waals surface area contributed by atoms with Crippen LogP contribution in [0.15, 0.2) is 0 Å². The Bertz CT molecular complexity index is 357. The number of Topliss-reactive ketones (excluding diaryl/α,β-unsaturated/α-hetero) is 1. The minimum Gasteiger partial charge on any atom is -0.374 e. The van der Waals surface area contributed by atoms with Gasteiger partial charge < -0.3 is 19.3 Å². The van der Waals surface area contributed by atoms with Crippen molar-refractivity contribution >= 4 is 5.78 Å². The molecule has 0 saturated carbocycles. The highest BCUT2D eigenvalue weighted by molar-refractivity contribution is 5.81. The Kier molecular flexibility index (Phi) is 2.97. The van der Waals surface area contributed by atoms with Gasteiger partial charge in [-0.2, -0.15) is 0 Å². The molecule has 0 radical (unpaired) electrons. The number of ether oxygens (including phenoxy) is 3. The molecule has 3 fully saturated rings. The van der Waals surface area contributed by atoms with E-state index in [2.05, 4.69) is 6.92 Å². The van der Waals surface area contributed by atoms with E-state index in [4.69, 9.17) is 14.2 Å². The van der Waals surface area contributed by atoms with Gasteiger partial charge in [0.2, 0.25) is 0 Å². The molecule has 3 rings (SSSR count). The zero-order valence-electron chi connectivity index (χ0n) is 10.8. The fourth-order valence-corrected chi connectivity index (χ4v) is 3.58. The summed E-state index contributed by atoms with van der Waals surface area (Å²) in [7, 11) is 0. The number of carbonyl (C=O) groups is 1. The lowest BCUT2D eigenvalue weighted by Crippen LogP contribution is -2.63. The molecule has 3 heterocycles. The zero-order valence-corrected chi connectivity index (χ0v) is 10.8. The summed E-state index contributed by atoms with van der Waals surface area (Å²) in [4.78, 5) is 11.4. The maximum absolute atomic E-state index is 11.4. The molecule has 102 valence electrons. The van der Waals surface area contributed by atoms with E-state index in [0.717, 1.165) is 6.42 Å². The molecule has 3 aliphatic heterocycles. The molecule has 6 unspecified atom stereocenters. The third-order valence-corrected chi connectivity index (χ3v) is 4.83. The van der Waals surface area contributed by atoms with E-state index < -0.39 is 11.7 Å². The first-order valence-electron chi connectivity index (χ1n) is 6.65. The largest absolute Gasteiger partial charge is 0.374 e. The number of fused-ring (bicyclic) bond motifs is 3. The van der Waals surface area contributed by atoms with Gasteiger partial charge in [0.05, 0.1) is 24.2 Å². The molecule has 18 heavy (non-hydrogen) atoms. The van der Waals surface area contributed by atoms with Gasteiger partial charge in [-0.15, -0.1) is 0 Å². The van der Waals surface area contributed by atoms with Crippen molar-refractivity contribution in [3.8, 4) is 0 Å². The number of rotatable bonds is 1. The minimum atomic E-state index is -0.884. The van der Waals surface area contributed by atoms with Gasteiger partial charge >= 0.3 is 0 Å². The van der Waals surface area contributed by atoms with Crippen LogP contribution in [0.25, 0.3) is 0 Å². The standard InChI is InChI=1S/C13H20O5/c1-3-7-5-17-11-10-9(4-8(14)6-16-10)18-12(15)13(7,11)2/h7,9-12,15H,3-6H2,1-2H3. The van der Waals surface area contributed by atoms with Gasteiger partial charge in [-0.25, -0.2) is 0 Å². The number of ketones is 1. The second-order valence-corrected chi connectivity index (χ2v) is 5.77. The maximum atomic E-state index is 11.4. The van der Waals surface area contributed by atoms with Gasteiger partial charge in [0.25, 0.3) is 0 Å². The monoisotopic (exact) mass is 256 g/mol. The van der Waals surface area contributed by atoms with Gasteiger partial charge in [0.15, 0.2) is 12.1 Å². The molecular weight excluding hydrogens is 236 g/mol. The Morgan fingerprint density at radius 2 is 2.22 bits per heavy atom. The summed E-state index contributed by atoms with van der Waals surface area (Å²) < 4.78 is 17.1. The molecule has 3 aliphatic rings. The van der Waals surface area contributed by atoms with Gasteiger partial charge in [-0.1, -0.05) is 20.3 Å². The number of hydrogen-bond acceptors (Lipinski definition) is 5. The van der Waals surface area contributed by atoms with E-state index in [-0.39, 0.29) is 36.6 Å². The molecule has 0 aliphatic carbocycles. The average Bonchev–Trinajstić information content (AvgIpc) is 2.68. The molecule has 6 atom stereocenters. The van der Waals surface area contributed by atoms with Crippen molar-refractivity contribution in [1.29, 1.82) is 0 Å². The highest BCUT2D eigenvalue weighted by Gasteiger charge is 2.61. The lowest BCUT2D eigenvalue weighted by atomic mass is 9.69. The summed E-state index contributed by atoms with van der Waals surface area (Å²) in [5.41, 5.74) is -0.434. The van der Waals surface area contributed by atoms with Crippen molar-refractivity contribution in [2.45, 2.75) is 51.3 Å². The molecule has 5 heteroatoms. The second kappa shape index (κ2) is 4.27. The van der Waals surface area contributed by atoms with Gasteiger partial charge in [-0.3, -0.25) is 4.79 Å². The molecule has 5 nitrogen and oxygen atoms in total. The lowest BCUT2D eigenvalue weighted by molar-refractivity contribution is -0.302. The smallest absolute Gasteiger partial charge is 0.163 e. The van der Waals surface area contributed by atoms with Gasteiger partial charge in [-0.05, 0) is 5.92 Å². The van der Waals surface area contributed by atoms with E-state index in [1.165, 1.54) is 0 Å². The second-order valence-electron chi connectivity index (χ2n) is 5.77. The van der Waals surface area contributed by atoms with Crippen molar-refractivity contribution < 1.29 is 24.1 Å². The van der Waals surface area contributed by atoms with Crippen LogP contribution >= 0.6 is 0 Å². The summed E-state index contributed by atoms with van der Waals surface area (Å²) in [5.74, 6) is 0.289. The molecule has 0 aromatic carbocycles. The fraction of sp³-hybridized carbons (Fsp3) is 0.923. The number of aliphatic hydroxyl groups is 1. The summed E-state index contributed by atoms with van der Waals surface area (Å²) in [6.07, 6.45) is -0.407. The van der Waals surface area contributed by atoms with Crippen LogP contribution in [-0.4, -0.2) is 48.7 Å². The van der Waals surface area contributed by atoms with Crippen LogP contribution in [-0.2, 0) is 19.0 Å². The number of hydrogen-bond donors (Lipinski definition) is 1. The summed E-state index contributed by atoms with van der Waals surface area (Å²) >= 11 is 0. The first-order chi connectivity index (χ1) is 8.57. The molecule has 0 bridgehead atoms. The first kappa shape index (κ1) is 12.5. The Balaban J connectivity index is 1.89. The molecule has 0 amide bonds. The van der Waals surface area contributed by atoms with Crippen LogP contribution in [0.1, 0.15) is 26.7 Å². The van der Waals surface area contributed by atoms with E-state index >= 15 is 0 Å². The van der Waals surface area contributed by atoms with Crippen LogP contribution in [0.5, 0.6) is 0 Å². The fourth-order valence-electron chi connectivity index (χ4n) is 3.58. The number of aliphatic hydroxyl groups excluding tert-OH is 1. The lowest BCUT2D eigenvalue weighted by Gasteiger charge is -2.50. The van der Waals surface area contributed by atoms with E-state index in [9.17, 15) is 9.90 Å². The third-order valence-electron chi connectivity index (χ3n) is 4.83. The summed E-state index contributed by atoms with van der Waals surface area (Å²) in [5, 5.41) is 10.3. The van der Waals surface area contributed by atoms with Crippen molar-refractivity contribution in [2.75, 3.05) is 13.2 Å². The van der Waals surface area contributed by atoms with Crippen LogP contribution < -0.4 is 0 Å². The predicted molar refractivity (Wildman–Crippen MR) is 61.9 cm³/mol. The van der Waals surface area contributed by atoms with Gasteiger partial charge in [0, 0.05) is 6.42 Å². The van der Waals surface area contributed by atoms with Crippen LogP contribution in [0.2, 0.25) is 0 Å². The van der Waals surface area contributed by atoms with E-state index in [0.29, 0.717) is 13.0 Å². The van der Waals surface area contributed by atoms with E-state index in [1.54, 1.807) is 0 Å². The van der Waals surface area contributed by atoms with Crippen molar-refractivity contribution in [3.05, 3.63) is 0 Å². The average molecular weight is 256 g/mol. The quantitative estimate of drug-likeness (QED) is 0.740. The number of carbonyl (C=O) groups excluding carboxylic acids is 1. The molecule has 0 aromatic rings. The molecule has 3 saturated heterocycles. The predicted octanol–water partition coefficient (Wildman–Crippen LogP) is 0.493. The Morgan fingerprint density at radius 3 is 2.94 bits per heavy atom. The van der Waals surface area contributed by atoms with Crippen molar-refractivity contribution in [2.24, 2.45) is 11.3 Å². The normalized spacial score (nSPS) is 51.9. The van der Waals surface area contributed by atoms with Gasteiger partial charge in [0.1, 0.15) is 12.7 Å². The van der Waals surface area contributed by atoms with Crippen LogP contribution in [0, 0.1) is 11.3 Å². The first-order valence-corrected chi connectivity index (χ1v) is 6.65. The van der Waals surface area contributed by atoms with Crippen LogP contribution in [0.4, 0.5) is 0 Å². The highest BCUT2D eigenvalue weighted by Crippen LogP contribution is 2.51. The molecule has 1 N–H and O–H groups in total. The van der Waals surface area contributed by atoms with E-state index in [1.807, 2.05) is 6.92 Å². The van der Waals surface area contributed by atoms with Crippen LogP contribution in [0.3, 0.4) is 0 Å². The molecular formula is C13H20O5. The third kappa shape index (κ3) is 1.58. The zero-order chi connectivity index (χ0) is 12.9.